The molecule has 8 heteroatoms. The Hall–Kier alpha value is -0.860. The number of anilines is 2. The maximum atomic E-state index is 5.95. The molecule has 21 heavy (non-hydrogen) atoms. The molecule has 0 aliphatic carbocycles. The van der Waals surface area contributed by atoms with Gasteiger partial charge in [0.05, 0.1) is 12.7 Å². The standard InChI is InChI=1S/C13H14ClN3O2S2/c14-9-2-1-3-10(6-9)15-12-16-17-13(21-12)20-7-11-4-5-18-8-19-11/h1-3,6,11H,4-5,7-8H2,(H,15,16)/t11-/m0/s1. The van der Waals surface area contributed by atoms with E-state index in [1.54, 1.807) is 11.8 Å². The van der Waals surface area contributed by atoms with E-state index in [0.29, 0.717) is 11.8 Å². The zero-order valence-electron chi connectivity index (χ0n) is 11.1. The van der Waals surface area contributed by atoms with E-state index >= 15 is 0 Å². The zero-order chi connectivity index (χ0) is 14.5. The van der Waals surface area contributed by atoms with Crippen LogP contribution in [-0.4, -0.2) is 35.5 Å². The molecule has 1 fully saturated rings. The van der Waals surface area contributed by atoms with Crippen molar-refractivity contribution in [2.24, 2.45) is 0 Å². The fraction of sp³-hybridized carbons (Fsp3) is 0.385. The van der Waals surface area contributed by atoms with Crippen LogP contribution in [0.1, 0.15) is 6.42 Å². The summed E-state index contributed by atoms with van der Waals surface area (Å²) in [5.41, 5.74) is 0.906. The molecule has 0 amide bonds. The number of halogens is 1. The highest BCUT2D eigenvalue weighted by atomic mass is 35.5. The zero-order valence-corrected chi connectivity index (χ0v) is 13.5. The topological polar surface area (TPSA) is 56.3 Å². The van der Waals surface area contributed by atoms with E-state index in [0.717, 1.165) is 33.9 Å². The van der Waals surface area contributed by atoms with E-state index in [1.807, 2.05) is 24.3 Å². The summed E-state index contributed by atoms with van der Waals surface area (Å²) >= 11 is 9.13. The summed E-state index contributed by atoms with van der Waals surface area (Å²) in [4.78, 5) is 0. The number of aromatic nitrogens is 2. The summed E-state index contributed by atoms with van der Waals surface area (Å²) in [6.45, 7) is 1.16. The lowest BCUT2D eigenvalue weighted by atomic mass is 10.3. The third-order valence-electron chi connectivity index (χ3n) is 2.85. The van der Waals surface area contributed by atoms with Crippen LogP contribution >= 0.6 is 34.7 Å². The minimum atomic E-state index is 0.233. The van der Waals surface area contributed by atoms with Crippen molar-refractivity contribution in [3.63, 3.8) is 0 Å². The fourth-order valence-electron chi connectivity index (χ4n) is 1.81. The summed E-state index contributed by atoms with van der Waals surface area (Å²) in [6, 6.07) is 7.52. The molecule has 1 aromatic carbocycles. The lowest BCUT2D eigenvalue weighted by molar-refractivity contribution is -0.130. The van der Waals surface area contributed by atoms with E-state index in [-0.39, 0.29) is 6.10 Å². The van der Waals surface area contributed by atoms with Crippen molar-refractivity contribution in [2.45, 2.75) is 16.9 Å². The molecule has 5 nitrogen and oxygen atoms in total. The van der Waals surface area contributed by atoms with Gasteiger partial charge in [0, 0.05) is 16.5 Å². The molecule has 1 aliphatic rings. The molecule has 2 heterocycles. The lowest BCUT2D eigenvalue weighted by Crippen LogP contribution is -2.25. The minimum absolute atomic E-state index is 0.233. The molecular weight excluding hydrogens is 330 g/mol. The molecule has 2 aromatic rings. The number of nitrogens with one attached hydrogen (secondary N) is 1. The van der Waals surface area contributed by atoms with E-state index in [4.69, 9.17) is 21.1 Å². The fourth-order valence-corrected chi connectivity index (χ4v) is 3.86. The average molecular weight is 344 g/mol. The molecule has 3 rings (SSSR count). The lowest BCUT2D eigenvalue weighted by Gasteiger charge is -2.21. The van der Waals surface area contributed by atoms with E-state index in [1.165, 1.54) is 11.3 Å². The third kappa shape index (κ3) is 4.55. The summed E-state index contributed by atoms with van der Waals surface area (Å²) in [5, 5.41) is 12.9. The molecule has 112 valence electrons. The van der Waals surface area contributed by atoms with Gasteiger partial charge < -0.3 is 14.8 Å². The van der Waals surface area contributed by atoms with Gasteiger partial charge in [0.2, 0.25) is 5.13 Å². The second-order valence-electron chi connectivity index (χ2n) is 4.42. The van der Waals surface area contributed by atoms with Gasteiger partial charge in [0.15, 0.2) is 4.34 Å². The van der Waals surface area contributed by atoms with Crippen LogP contribution in [0, 0.1) is 0 Å². The van der Waals surface area contributed by atoms with Gasteiger partial charge in [-0.1, -0.05) is 40.8 Å². The van der Waals surface area contributed by atoms with Gasteiger partial charge in [-0.05, 0) is 24.6 Å². The molecule has 1 atom stereocenters. The highest BCUT2D eigenvalue weighted by molar-refractivity contribution is 8.01. The molecular formula is C13H14ClN3O2S2. The summed E-state index contributed by atoms with van der Waals surface area (Å²) < 4.78 is 11.6. The van der Waals surface area contributed by atoms with Crippen LogP contribution < -0.4 is 5.32 Å². The number of hydrogen-bond acceptors (Lipinski definition) is 7. The molecule has 0 unspecified atom stereocenters. The smallest absolute Gasteiger partial charge is 0.210 e. The Bertz CT molecular complexity index is 590. The number of rotatable bonds is 5. The molecule has 0 saturated carbocycles. The SMILES string of the molecule is Clc1cccc(Nc2nnc(SC[C@@H]3CCOCO3)s2)c1. The molecule has 1 aromatic heterocycles. The molecule has 0 bridgehead atoms. The van der Waals surface area contributed by atoms with Crippen LogP contribution in [0.2, 0.25) is 5.02 Å². The molecule has 1 N–H and O–H groups in total. The van der Waals surface area contributed by atoms with Gasteiger partial charge in [0.1, 0.15) is 6.79 Å². The average Bonchev–Trinajstić information content (AvgIpc) is 2.94. The number of hydrogen-bond donors (Lipinski definition) is 1. The first-order valence-corrected chi connectivity index (χ1v) is 8.66. The van der Waals surface area contributed by atoms with Crippen molar-refractivity contribution in [2.75, 3.05) is 24.5 Å². The highest BCUT2D eigenvalue weighted by Gasteiger charge is 2.15. The Morgan fingerprint density at radius 2 is 2.38 bits per heavy atom. The maximum absolute atomic E-state index is 5.95. The predicted molar refractivity (Wildman–Crippen MR) is 85.7 cm³/mol. The summed E-state index contributed by atoms with van der Waals surface area (Å²) in [5.74, 6) is 0.870. The van der Waals surface area contributed by atoms with Crippen LogP contribution in [0.15, 0.2) is 28.6 Å². The van der Waals surface area contributed by atoms with E-state index in [9.17, 15) is 0 Å². The molecule has 1 saturated heterocycles. The number of ether oxygens (including phenoxy) is 2. The maximum Gasteiger partial charge on any atom is 0.210 e. The van der Waals surface area contributed by atoms with Gasteiger partial charge in [-0.2, -0.15) is 0 Å². The number of benzene rings is 1. The summed E-state index contributed by atoms with van der Waals surface area (Å²) in [6.07, 6.45) is 1.16. The van der Waals surface area contributed by atoms with Crippen LogP contribution in [-0.2, 0) is 9.47 Å². The van der Waals surface area contributed by atoms with Crippen molar-refractivity contribution in [1.29, 1.82) is 0 Å². The first-order valence-electron chi connectivity index (χ1n) is 6.48. The number of thioether (sulfide) groups is 1. The second-order valence-corrected chi connectivity index (χ2v) is 7.10. The van der Waals surface area contributed by atoms with Crippen LogP contribution in [0.3, 0.4) is 0 Å². The van der Waals surface area contributed by atoms with Crippen LogP contribution in [0.4, 0.5) is 10.8 Å². The minimum Gasteiger partial charge on any atom is -0.355 e. The van der Waals surface area contributed by atoms with Gasteiger partial charge in [-0.15, -0.1) is 10.2 Å². The molecule has 0 radical (unpaired) electrons. The Kier molecular flexibility index (Phi) is 5.32. The van der Waals surface area contributed by atoms with Crippen LogP contribution in [0.5, 0.6) is 0 Å². The van der Waals surface area contributed by atoms with Crippen LogP contribution in [0.25, 0.3) is 0 Å². The monoisotopic (exact) mass is 343 g/mol. The Morgan fingerprint density at radius 1 is 1.43 bits per heavy atom. The Labute approximate surface area is 136 Å². The Balaban J connectivity index is 1.53. The van der Waals surface area contributed by atoms with E-state index < -0.39 is 0 Å². The highest BCUT2D eigenvalue weighted by Crippen LogP contribution is 2.29. The predicted octanol–water partition coefficient (Wildman–Crippen LogP) is 3.79. The van der Waals surface area contributed by atoms with Gasteiger partial charge in [-0.3, -0.25) is 0 Å². The summed E-state index contributed by atoms with van der Waals surface area (Å²) in [7, 11) is 0. The Morgan fingerprint density at radius 3 is 3.19 bits per heavy atom. The first kappa shape index (κ1) is 15.1. The first-order chi connectivity index (χ1) is 10.3. The number of nitrogens with zero attached hydrogens (tertiary/aromatic N) is 2. The van der Waals surface area contributed by atoms with Crippen molar-refractivity contribution in [1.82, 2.24) is 10.2 Å². The van der Waals surface area contributed by atoms with Gasteiger partial charge in [0.25, 0.3) is 0 Å². The second kappa shape index (κ2) is 7.42. The van der Waals surface area contributed by atoms with Crippen molar-refractivity contribution >= 4 is 45.5 Å². The van der Waals surface area contributed by atoms with Gasteiger partial charge >= 0.3 is 0 Å². The molecule has 1 aliphatic heterocycles. The van der Waals surface area contributed by atoms with Crippen molar-refractivity contribution < 1.29 is 9.47 Å². The van der Waals surface area contributed by atoms with Gasteiger partial charge in [-0.25, -0.2) is 0 Å². The molecule has 0 spiro atoms. The largest absolute Gasteiger partial charge is 0.355 e. The third-order valence-corrected chi connectivity index (χ3v) is 5.19. The normalized spacial score (nSPS) is 18.6. The van der Waals surface area contributed by atoms with Crippen molar-refractivity contribution in [3.8, 4) is 0 Å². The quantitative estimate of drug-likeness (QED) is 0.833. The van der Waals surface area contributed by atoms with Crippen molar-refractivity contribution in [3.05, 3.63) is 29.3 Å². The van der Waals surface area contributed by atoms with E-state index in [2.05, 4.69) is 15.5 Å².